The highest BCUT2D eigenvalue weighted by molar-refractivity contribution is 7.49. The Hall–Kier alpha value is -0.710. The van der Waals surface area contributed by atoms with E-state index in [1.165, 1.54) is 19.3 Å². The van der Waals surface area contributed by atoms with Crippen molar-refractivity contribution in [1.29, 1.82) is 0 Å². The first kappa shape index (κ1) is 13.7. The van der Waals surface area contributed by atoms with Gasteiger partial charge in [-0.25, -0.2) is 4.57 Å². The number of phosphoric acid groups is 1. The fraction of sp³-hybridized carbons (Fsp3) is 0.818. The molecule has 2 heterocycles. The summed E-state index contributed by atoms with van der Waals surface area (Å²) in [5.41, 5.74) is 0. The first-order chi connectivity index (χ1) is 8.63. The quantitative estimate of drug-likeness (QED) is 0.418. The smallest absolute Gasteiger partial charge is 0.433 e. The summed E-state index contributed by atoms with van der Waals surface area (Å²) in [5.74, 6) is 0.272. The molecule has 2 aliphatic heterocycles. The molecule has 0 spiro atoms. The van der Waals surface area contributed by atoms with E-state index in [1.807, 2.05) is 0 Å². The number of phosphoric ester groups is 1. The van der Waals surface area contributed by atoms with E-state index in [9.17, 15) is 9.67 Å². The van der Waals surface area contributed by atoms with Gasteiger partial charge in [0.1, 0.15) is 6.61 Å². The number of hydrogen-bond acceptors (Lipinski definition) is 6. The predicted molar refractivity (Wildman–Crippen MR) is 63.2 cm³/mol. The number of aliphatic hydroxyl groups excluding tert-OH is 1. The monoisotopic (exact) mass is 278 g/mol. The lowest BCUT2D eigenvalue weighted by Crippen LogP contribution is -2.14. The van der Waals surface area contributed by atoms with Gasteiger partial charge in [-0.15, -0.1) is 0 Å². The minimum Gasteiger partial charge on any atom is -0.433 e. The highest BCUT2D eigenvalue weighted by Gasteiger charge is 2.49. The summed E-state index contributed by atoms with van der Waals surface area (Å²) in [5, 5.41) is 9.66. The minimum absolute atomic E-state index is 0.00522. The molecule has 0 saturated carbocycles. The van der Waals surface area contributed by atoms with Crippen molar-refractivity contribution in [2.24, 2.45) is 0 Å². The van der Waals surface area contributed by atoms with Crippen LogP contribution in [0.4, 0.5) is 0 Å². The molecular weight excluding hydrogens is 259 g/mol. The molecule has 1 N–H and O–H groups in total. The van der Waals surface area contributed by atoms with Gasteiger partial charge in [0.05, 0.1) is 0 Å². The van der Waals surface area contributed by atoms with Crippen molar-refractivity contribution in [3.63, 3.8) is 0 Å². The second-order valence-electron chi connectivity index (χ2n) is 4.39. The molecule has 104 valence electrons. The van der Waals surface area contributed by atoms with E-state index in [4.69, 9.17) is 18.3 Å². The van der Waals surface area contributed by atoms with E-state index in [2.05, 4.69) is 6.92 Å². The average molecular weight is 278 g/mol. The van der Waals surface area contributed by atoms with Crippen LogP contribution in [0, 0.1) is 0 Å². The first-order valence-corrected chi connectivity index (χ1v) is 7.80. The van der Waals surface area contributed by atoms with Crippen molar-refractivity contribution in [1.82, 2.24) is 0 Å². The van der Waals surface area contributed by atoms with Gasteiger partial charge in [0, 0.05) is 6.42 Å². The van der Waals surface area contributed by atoms with Crippen molar-refractivity contribution in [3.8, 4) is 0 Å². The summed E-state index contributed by atoms with van der Waals surface area (Å²) in [4.78, 5) is 0. The Bertz CT molecular complexity index is 367. The van der Waals surface area contributed by atoms with Gasteiger partial charge < -0.3 is 18.9 Å². The molecule has 0 aromatic rings. The molecule has 2 aliphatic rings. The van der Waals surface area contributed by atoms with Crippen molar-refractivity contribution < 1.29 is 28.0 Å². The Labute approximate surface area is 106 Å². The van der Waals surface area contributed by atoms with Crippen molar-refractivity contribution in [3.05, 3.63) is 11.7 Å². The van der Waals surface area contributed by atoms with Gasteiger partial charge in [0.2, 0.25) is 12.0 Å². The third-order valence-corrected chi connectivity index (χ3v) is 4.07. The Morgan fingerprint density at radius 3 is 2.72 bits per heavy atom. The maximum atomic E-state index is 11.5. The molecule has 1 fully saturated rings. The van der Waals surface area contributed by atoms with Gasteiger partial charge >= 0.3 is 13.8 Å². The summed E-state index contributed by atoms with van der Waals surface area (Å²) in [7, 11) is -3.44. The van der Waals surface area contributed by atoms with Gasteiger partial charge in [-0.2, -0.15) is 0 Å². The highest BCUT2D eigenvalue weighted by atomic mass is 31.2. The molecular formula is C11H19O6P. The number of fused-ring (bicyclic) bond motifs is 2. The molecule has 0 amide bonds. The molecule has 6 nitrogen and oxygen atoms in total. The Kier molecular flexibility index (Phi) is 4.54. The number of unbranched alkanes of at least 4 members (excludes halogenated alkanes) is 4. The second kappa shape index (κ2) is 5.95. The maximum Gasteiger partial charge on any atom is 0.590 e. The minimum atomic E-state index is -3.44. The van der Waals surface area contributed by atoms with E-state index in [-0.39, 0.29) is 18.3 Å². The Morgan fingerprint density at radius 1 is 1.33 bits per heavy atom. The molecule has 0 radical (unpaired) electrons. The van der Waals surface area contributed by atoms with Crippen LogP contribution in [0.3, 0.4) is 0 Å². The molecule has 2 rings (SSSR count). The zero-order valence-electron chi connectivity index (χ0n) is 10.5. The second-order valence-corrected chi connectivity index (χ2v) is 5.91. The number of ether oxygens (including phenoxy) is 1. The van der Waals surface area contributed by atoms with Crippen LogP contribution < -0.4 is 0 Å². The number of hydrogen-bond donors (Lipinski definition) is 1. The third-order valence-electron chi connectivity index (χ3n) is 2.80. The highest BCUT2D eigenvalue weighted by Crippen LogP contribution is 2.63. The van der Waals surface area contributed by atoms with Crippen LogP contribution in [0.25, 0.3) is 0 Å². The molecule has 0 aromatic heterocycles. The summed E-state index contributed by atoms with van der Waals surface area (Å²) >= 11 is 0. The van der Waals surface area contributed by atoms with Crippen LogP contribution in [0.15, 0.2) is 11.7 Å². The third kappa shape index (κ3) is 3.40. The van der Waals surface area contributed by atoms with E-state index in [1.54, 1.807) is 0 Å². The maximum absolute atomic E-state index is 11.5. The lowest BCUT2D eigenvalue weighted by atomic mass is 10.1. The molecule has 2 atom stereocenters. The molecule has 2 unspecified atom stereocenters. The van der Waals surface area contributed by atoms with Crippen LogP contribution in [0.1, 0.15) is 45.4 Å². The number of rotatable bonds is 8. The van der Waals surface area contributed by atoms with Crippen LogP contribution in [-0.4, -0.2) is 18.0 Å². The topological polar surface area (TPSA) is 74.2 Å². The normalized spacial score (nSPS) is 27.0. The molecule has 1 saturated heterocycles. The van der Waals surface area contributed by atoms with Crippen molar-refractivity contribution in [2.75, 3.05) is 6.61 Å². The van der Waals surface area contributed by atoms with Gasteiger partial charge in [-0.3, -0.25) is 4.52 Å². The molecule has 2 bridgehead atoms. The summed E-state index contributed by atoms with van der Waals surface area (Å²) in [6.45, 7) is 2.23. The van der Waals surface area contributed by atoms with E-state index in [0.717, 1.165) is 12.8 Å². The SMILES string of the molecule is CCCCCCCC(O)OC1=C2COP(=O)(O2)O1. The van der Waals surface area contributed by atoms with E-state index < -0.39 is 14.1 Å². The molecule has 18 heavy (non-hydrogen) atoms. The zero-order valence-corrected chi connectivity index (χ0v) is 11.4. The summed E-state index contributed by atoms with van der Waals surface area (Å²) in [6, 6.07) is 0. The van der Waals surface area contributed by atoms with Gasteiger partial charge in [-0.1, -0.05) is 32.6 Å². The van der Waals surface area contributed by atoms with Gasteiger partial charge in [0.25, 0.3) is 0 Å². The fourth-order valence-corrected chi connectivity index (χ4v) is 2.97. The van der Waals surface area contributed by atoms with Gasteiger partial charge in [0.15, 0.2) is 0 Å². The van der Waals surface area contributed by atoms with Crippen molar-refractivity contribution in [2.45, 2.75) is 51.7 Å². The van der Waals surface area contributed by atoms with Gasteiger partial charge in [-0.05, 0) is 6.42 Å². The van der Waals surface area contributed by atoms with Crippen molar-refractivity contribution >= 4 is 7.82 Å². The Balaban J connectivity index is 1.66. The van der Waals surface area contributed by atoms with E-state index in [0.29, 0.717) is 6.42 Å². The zero-order chi connectivity index (χ0) is 13.0. The average Bonchev–Trinajstić information content (AvgIpc) is 2.84. The van der Waals surface area contributed by atoms with Crippen LogP contribution in [0.2, 0.25) is 0 Å². The lowest BCUT2D eigenvalue weighted by molar-refractivity contribution is -0.103. The van der Waals surface area contributed by atoms with Crippen LogP contribution >= 0.6 is 7.82 Å². The number of aliphatic hydroxyl groups is 1. The Morgan fingerprint density at radius 2 is 2.11 bits per heavy atom. The first-order valence-electron chi connectivity index (χ1n) is 6.34. The largest absolute Gasteiger partial charge is 0.590 e. The predicted octanol–water partition coefficient (Wildman–Crippen LogP) is 3.04. The molecule has 0 aliphatic carbocycles. The standard InChI is InChI=1S/C11H19O6P/c1-2-3-4-5-6-7-10(12)15-11-9-8-14-18(13,16-9)17-11/h10,12H,2-8H2,1H3. The van der Waals surface area contributed by atoms with Crippen LogP contribution in [-0.2, 0) is 22.9 Å². The summed E-state index contributed by atoms with van der Waals surface area (Å²) in [6.07, 6.45) is 5.09. The van der Waals surface area contributed by atoms with E-state index >= 15 is 0 Å². The van der Waals surface area contributed by atoms with Crippen LogP contribution in [0.5, 0.6) is 0 Å². The molecule has 7 heteroatoms. The lowest BCUT2D eigenvalue weighted by Gasteiger charge is -2.15. The summed E-state index contributed by atoms with van der Waals surface area (Å²) < 4.78 is 31.2. The fourth-order valence-electron chi connectivity index (χ4n) is 1.81. The molecule has 0 aromatic carbocycles.